The number of benzene rings is 1. The maximum atomic E-state index is 9.91. The number of ether oxygens (including phenoxy) is 1. The minimum atomic E-state index is -0.539. The van der Waals surface area contributed by atoms with Gasteiger partial charge in [0.25, 0.3) is 0 Å². The fraction of sp³-hybridized carbons (Fsp3) is 0.571. The molecule has 18 heavy (non-hydrogen) atoms. The SMILES string of the molecule is CCC(O)COc1ccc2c(c1)C(O)CCC2O. The van der Waals surface area contributed by atoms with E-state index in [0.717, 1.165) is 11.1 Å². The van der Waals surface area contributed by atoms with Gasteiger partial charge in [-0.25, -0.2) is 0 Å². The Morgan fingerprint density at radius 1 is 1.22 bits per heavy atom. The van der Waals surface area contributed by atoms with Gasteiger partial charge >= 0.3 is 0 Å². The highest BCUT2D eigenvalue weighted by Gasteiger charge is 2.24. The molecule has 0 saturated heterocycles. The number of aliphatic hydroxyl groups is 3. The lowest BCUT2D eigenvalue weighted by atomic mass is 9.87. The van der Waals surface area contributed by atoms with Gasteiger partial charge in [0, 0.05) is 0 Å². The van der Waals surface area contributed by atoms with Crippen LogP contribution in [-0.4, -0.2) is 28.0 Å². The summed E-state index contributed by atoms with van der Waals surface area (Å²) in [6, 6.07) is 5.31. The minimum Gasteiger partial charge on any atom is -0.491 e. The van der Waals surface area contributed by atoms with Crippen LogP contribution in [0.25, 0.3) is 0 Å². The number of rotatable bonds is 4. The molecule has 4 heteroatoms. The third-order valence-electron chi connectivity index (χ3n) is 3.40. The lowest BCUT2D eigenvalue weighted by Gasteiger charge is -2.26. The lowest BCUT2D eigenvalue weighted by Crippen LogP contribution is -2.17. The summed E-state index contributed by atoms with van der Waals surface area (Å²) in [5, 5.41) is 29.2. The number of hydrogen-bond donors (Lipinski definition) is 3. The molecule has 0 heterocycles. The van der Waals surface area contributed by atoms with E-state index in [1.807, 2.05) is 6.92 Å². The molecular weight excluding hydrogens is 232 g/mol. The lowest BCUT2D eigenvalue weighted by molar-refractivity contribution is 0.0890. The smallest absolute Gasteiger partial charge is 0.119 e. The molecule has 0 aromatic heterocycles. The quantitative estimate of drug-likeness (QED) is 0.762. The molecule has 4 nitrogen and oxygen atoms in total. The predicted molar refractivity (Wildman–Crippen MR) is 67.4 cm³/mol. The van der Waals surface area contributed by atoms with E-state index in [0.29, 0.717) is 25.0 Å². The van der Waals surface area contributed by atoms with E-state index in [1.165, 1.54) is 0 Å². The summed E-state index contributed by atoms with van der Waals surface area (Å²) in [5.41, 5.74) is 1.51. The van der Waals surface area contributed by atoms with Crippen LogP contribution in [0.1, 0.15) is 49.5 Å². The van der Waals surface area contributed by atoms with E-state index in [9.17, 15) is 15.3 Å². The van der Waals surface area contributed by atoms with E-state index < -0.39 is 18.3 Å². The van der Waals surface area contributed by atoms with Crippen molar-refractivity contribution in [1.29, 1.82) is 0 Å². The van der Waals surface area contributed by atoms with E-state index in [-0.39, 0.29) is 6.61 Å². The minimum absolute atomic E-state index is 0.244. The van der Waals surface area contributed by atoms with Crippen molar-refractivity contribution in [2.45, 2.75) is 44.5 Å². The standard InChI is InChI=1S/C14H20O4/c1-2-9(15)8-18-10-3-4-11-12(7-10)14(17)6-5-13(11)16/h3-4,7,9,13-17H,2,5-6,8H2,1H3. The Morgan fingerprint density at radius 3 is 2.56 bits per heavy atom. The van der Waals surface area contributed by atoms with Gasteiger partial charge < -0.3 is 20.1 Å². The van der Waals surface area contributed by atoms with Crippen molar-refractivity contribution >= 4 is 0 Å². The highest BCUT2D eigenvalue weighted by atomic mass is 16.5. The molecule has 0 aliphatic heterocycles. The molecule has 3 atom stereocenters. The zero-order chi connectivity index (χ0) is 13.1. The Labute approximate surface area is 107 Å². The second-order valence-corrected chi connectivity index (χ2v) is 4.77. The summed E-state index contributed by atoms with van der Waals surface area (Å²) in [6.07, 6.45) is 0.281. The van der Waals surface area contributed by atoms with E-state index >= 15 is 0 Å². The van der Waals surface area contributed by atoms with Crippen LogP contribution in [0.3, 0.4) is 0 Å². The van der Waals surface area contributed by atoms with Crippen LogP contribution in [-0.2, 0) is 0 Å². The predicted octanol–water partition coefficient (Wildman–Crippen LogP) is 1.70. The Balaban J connectivity index is 2.13. The van der Waals surface area contributed by atoms with Crippen LogP contribution in [0.4, 0.5) is 0 Å². The van der Waals surface area contributed by atoms with Crippen LogP contribution < -0.4 is 4.74 Å². The first-order valence-electron chi connectivity index (χ1n) is 6.42. The van der Waals surface area contributed by atoms with Crippen LogP contribution in [0, 0.1) is 0 Å². The molecule has 0 saturated carbocycles. The van der Waals surface area contributed by atoms with E-state index in [1.54, 1.807) is 18.2 Å². The second-order valence-electron chi connectivity index (χ2n) is 4.77. The summed E-state index contributed by atoms with van der Waals surface area (Å²) < 4.78 is 5.47. The molecule has 1 aromatic carbocycles. The first-order chi connectivity index (χ1) is 8.61. The first-order valence-corrected chi connectivity index (χ1v) is 6.42. The van der Waals surface area contributed by atoms with Crippen molar-refractivity contribution in [3.05, 3.63) is 29.3 Å². The largest absolute Gasteiger partial charge is 0.491 e. The van der Waals surface area contributed by atoms with Crippen molar-refractivity contribution in [1.82, 2.24) is 0 Å². The summed E-state index contributed by atoms with van der Waals surface area (Å²) in [6.45, 7) is 2.13. The average Bonchev–Trinajstić information content (AvgIpc) is 2.40. The summed E-state index contributed by atoms with van der Waals surface area (Å²) in [4.78, 5) is 0. The normalized spacial score (nSPS) is 24.4. The number of aliphatic hydroxyl groups excluding tert-OH is 3. The van der Waals surface area contributed by atoms with Crippen LogP contribution in [0.5, 0.6) is 5.75 Å². The molecule has 1 aliphatic carbocycles. The molecular formula is C14H20O4. The molecule has 0 bridgehead atoms. The Kier molecular flexibility index (Phi) is 4.22. The molecule has 100 valence electrons. The summed E-state index contributed by atoms with van der Waals surface area (Å²) >= 11 is 0. The maximum Gasteiger partial charge on any atom is 0.119 e. The fourth-order valence-corrected chi connectivity index (χ4v) is 2.17. The van der Waals surface area contributed by atoms with Gasteiger partial charge in [-0.1, -0.05) is 13.0 Å². The van der Waals surface area contributed by atoms with Crippen molar-refractivity contribution in [3.63, 3.8) is 0 Å². The highest BCUT2D eigenvalue weighted by Crippen LogP contribution is 2.37. The number of fused-ring (bicyclic) bond motifs is 1. The third-order valence-corrected chi connectivity index (χ3v) is 3.40. The van der Waals surface area contributed by atoms with Gasteiger partial charge in [-0.3, -0.25) is 0 Å². The molecule has 3 N–H and O–H groups in total. The van der Waals surface area contributed by atoms with E-state index in [4.69, 9.17) is 4.74 Å². The van der Waals surface area contributed by atoms with Crippen molar-refractivity contribution in [3.8, 4) is 5.75 Å². The molecule has 1 aromatic rings. The molecule has 2 rings (SSSR count). The number of hydrogen-bond acceptors (Lipinski definition) is 4. The van der Waals surface area contributed by atoms with Crippen LogP contribution >= 0.6 is 0 Å². The first kappa shape index (κ1) is 13.3. The molecule has 0 radical (unpaired) electrons. The van der Waals surface area contributed by atoms with Crippen molar-refractivity contribution in [2.75, 3.05) is 6.61 Å². The maximum absolute atomic E-state index is 9.91. The van der Waals surface area contributed by atoms with Gasteiger partial charge in [-0.15, -0.1) is 0 Å². The Bertz CT molecular complexity index is 405. The van der Waals surface area contributed by atoms with Gasteiger partial charge in [-0.05, 0) is 42.5 Å². The highest BCUT2D eigenvalue weighted by molar-refractivity contribution is 5.39. The topological polar surface area (TPSA) is 69.9 Å². The molecule has 0 spiro atoms. The van der Waals surface area contributed by atoms with Gasteiger partial charge in [0.2, 0.25) is 0 Å². The monoisotopic (exact) mass is 252 g/mol. The van der Waals surface area contributed by atoms with Crippen molar-refractivity contribution < 1.29 is 20.1 Å². The van der Waals surface area contributed by atoms with Gasteiger partial charge in [0.15, 0.2) is 0 Å². The van der Waals surface area contributed by atoms with Gasteiger partial charge in [-0.2, -0.15) is 0 Å². The molecule has 3 unspecified atom stereocenters. The third kappa shape index (κ3) is 2.83. The van der Waals surface area contributed by atoms with E-state index in [2.05, 4.69) is 0 Å². The summed E-state index contributed by atoms with van der Waals surface area (Å²) in [5.74, 6) is 0.620. The second kappa shape index (κ2) is 5.69. The zero-order valence-corrected chi connectivity index (χ0v) is 10.5. The van der Waals surface area contributed by atoms with Crippen molar-refractivity contribution in [2.24, 2.45) is 0 Å². The molecule has 0 fully saturated rings. The van der Waals surface area contributed by atoms with Crippen LogP contribution in [0.15, 0.2) is 18.2 Å². The summed E-state index contributed by atoms with van der Waals surface area (Å²) in [7, 11) is 0. The average molecular weight is 252 g/mol. The Hall–Kier alpha value is -1.10. The Morgan fingerprint density at radius 2 is 1.89 bits per heavy atom. The van der Waals surface area contributed by atoms with Crippen LogP contribution in [0.2, 0.25) is 0 Å². The fourth-order valence-electron chi connectivity index (χ4n) is 2.17. The molecule has 0 amide bonds. The van der Waals surface area contributed by atoms with Gasteiger partial charge in [0.1, 0.15) is 12.4 Å². The van der Waals surface area contributed by atoms with Gasteiger partial charge in [0.05, 0.1) is 18.3 Å². The molecule has 1 aliphatic rings. The zero-order valence-electron chi connectivity index (χ0n) is 10.5.